The zero-order valence-corrected chi connectivity index (χ0v) is 8.31. The van der Waals surface area contributed by atoms with E-state index in [2.05, 4.69) is 11.9 Å². The van der Waals surface area contributed by atoms with E-state index in [1.165, 1.54) is 0 Å². The number of para-hydroxylation sites is 1. The van der Waals surface area contributed by atoms with E-state index in [-0.39, 0.29) is 0 Å². The lowest BCUT2D eigenvalue weighted by Gasteiger charge is -2.06. The Labute approximate surface area is 88.7 Å². The van der Waals surface area contributed by atoms with E-state index in [0.29, 0.717) is 6.54 Å². The molecule has 3 heteroatoms. The van der Waals surface area contributed by atoms with Crippen LogP contribution in [-0.2, 0) is 4.79 Å². The molecule has 0 heterocycles. The maximum absolute atomic E-state index is 10.4. The van der Waals surface area contributed by atoms with Gasteiger partial charge in [-0.15, -0.1) is 6.58 Å². The monoisotopic (exact) mass is 203 g/mol. The predicted octanol–water partition coefficient (Wildman–Crippen LogP) is 2.38. The molecule has 0 aliphatic rings. The fourth-order valence-electron chi connectivity index (χ4n) is 1.15. The maximum Gasteiger partial charge on any atom is 0.328 e. The molecule has 3 nitrogen and oxygen atoms in total. The van der Waals surface area contributed by atoms with Gasteiger partial charge in [-0.2, -0.15) is 0 Å². The summed E-state index contributed by atoms with van der Waals surface area (Å²) < 4.78 is 0. The van der Waals surface area contributed by atoms with Crippen molar-refractivity contribution in [3.05, 3.63) is 48.6 Å². The number of hydrogen-bond acceptors (Lipinski definition) is 2. The number of hydrogen-bond donors (Lipinski definition) is 2. The molecule has 0 aliphatic heterocycles. The van der Waals surface area contributed by atoms with Crippen LogP contribution in [0.5, 0.6) is 0 Å². The summed E-state index contributed by atoms with van der Waals surface area (Å²) in [6.07, 6.45) is 4.43. The highest BCUT2D eigenvalue weighted by molar-refractivity contribution is 5.86. The third-order valence-electron chi connectivity index (χ3n) is 1.80. The Morgan fingerprint density at radius 1 is 1.47 bits per heavy atom. The molecule has 2 N–H and O–H groups in total. The third kappa shape index (κ3) is 3.68. The first-order valence-electron chi connectivity index (χ1n) is 4.59. The Morgan fingerprint density at radius 2 is 2.20 bits per heavy atom. The van der Waals surface area contributed by atoms with Gasteiger partial charge in [0, 0.05) is 18.3 Å². The van der Waals surface area contributed by atoms with Crippen molar-refractivity contribution in [3.63, 3.8) is 0 Å². The van der Waals surface area contributed by atoms with Crippen molar-refractivity contribution < 1.29 is 9.90 Å². The van der Waals surface area contributed by atoms with Crippen LogP contribution >= 0.6 is 0 Å². The number of aliphatic carboxylic acids is 1. The zero-order chi connectivity index (χ0) is 11.1. The molecule has 15 heavy (non-hydrogen) atoms. The van der Waals surface area contributed by atoms with Crippen molar-refractivity contribution in [2.24, 2.45) is 0 Å². The number of carboxylic acid groups (broad SMARTS) is 1. The Bertz CT molecular complexity index is 383. The molecule has 0 fully saturated rings. The van der Waals surface area contributed by atoms with Crippen molar-refractivity contribution in [1.82, 2.24) is 0 Å². The van der Waals surface area contributed by atoms with Gasteiger partial charge in [-0.3, -0.25) is 0 Å². The molecule has 0 saturated carbocycles. The van der Waals surface area contributed by atoms with E-state index in [1.807, 2.05) is 24.3 Å². The predicted molar refractivity (Wildman–Crippen MR) is 61.8 cm³/mol. The smallest absolute Gasteiger partial charge is 0.328 e. The number of rotatable bonds is 5. The second kappa shape index (κ2) is 5.65. The van der Waals surface area contributed by atoms with E-state index in [9.17, 15) is 4.79 Å². The normalized spacial score (nSPS) is 10.1. The Hall–Kier alpha value is -2.03. The second-order valence-electron chi connectivity index (χ2n) is 2.93. The molecule has 1 rings (SSSR count). The molecule has 0 unspecified atom stereocenters. The average molecular weight is 203 g/mol. The number of anilines is 1. The topological polar surface area (TPSA) is 49.3 Å². The average Bonchev–Trinajstić information content (AvgIpc) is 2.24. The zero-order valence-electron chi connectivity index (χ0n) is 8.31. The van der Waals surface area contributed by atoms with E-state index in [1.54, 1.807) is 12.2 Å². The molecule has 1 aromatic carbocycles. The second-order valence-corrected chi connectivity index (χ2v) is 2.93. The minimum atomic E-state index is -0.950. The van der Waals surface area contributed by atoms with Crippen LogP contribution in [0.3, 0.4) is 0 Å². The van der Waals surface area contributed by atoms with Crippen LogP contribution in [0.15, 0.2) is 43.0 Å². The highest BCUT2D eigenvalue weighted by Gasteiger charge is 1.96. The van der Waals surface area contributed by atoms with Gasteiger partial charge in [0.1, 0.15) is 0 Å². The lowest BCUT2D eigenvalue weighted by atomic mass is 10.1. The summed E-state index contributed by atoms with van der Waals surface area (Å²) >= 11 is 0. The molecule has 0 spiro atoms. The van der Waals surface area contributed by atoms with Gasteiger partial charge < -0.3 is 10.4 Å². The molecule has 0 bridgehead atoms. The van der Waals surface area contributed by atoms with Crippen LogP contribution < -0.4 is 5.32 Å². The first kappa shape index (κ1) is 11.0. The van der Waals surface area contributed by atoms with E-state index in [4.69, 9.17) is 5.11 Å². The fraction of sp³-hybridized carbons (Fsp3) is 0.0833. The van der Waals surface area contributed by atoms with Gasteiger partial charge in [0.05, 0.1) is 0 Å². The molecule has 0 atom stereocenters. The molecule has 0 radical (unpaired) electrons. The summed E-state index contributed by atoms with van der Waals surface area (Å²) in [7, 11) is 0. The number of carboxylic acids is 1. The van der Waals surface area contributed by atoms with Gasteiger partial charge in [0.15, 0.2) is 0 Å². The molecule has 1 aromatic rings. The first-order chi connectivity index (χ1) is 7.24. The van der Waals surface area contributed by atoms with Crippen molar-refractivity contribution >= 4 is 17.7 Å². The summed E-state index contributed by atoms with van der Waals surface area (Å²) in [5, 5.41) is 11.6. The van der Waals surface area contributed by atoms with Crippen LogP contribution in [0.25, 0.3) is 6.08 Å². The van der Waals surface area contributed by atoms with E-state index >= 15 is 0 Å². The Balaban J connectivity index is 2.85. The summed E-state index contributed by atoms with van der Waals surface area (Å²) in [6, 6.07) is 7.50. The molecular weight excluding hydrogens is 190 g/mol. The minimum Gasteiger partial charge on any atom is -0.478 e. The molecule has 78 valence electrons. The van der Waals surface area contributed by atoms with E-state index < -0.39 is 5.97 Å². The maximum atomic E-state index is 10.4. The molecule has 0 saturated heterocycles. The van der Waals surface area contributed by atoms with Gasteiger partial charge in [-0.05, 0) is 17.7 Å². The van der Waals surface area contributed by atoms with Gasteiger partial charge in [0.25, 0.3) is 0 Å². The summed E-state index contributed by atoms with van der Waals surface area (Å²) in [5.74, 6) is -0.950. The summed E-state index contributed by atoms with van der Waals surface area (Å²) in [6.45, 7) is 4.26. The van der Waals surface area contributed by atoms with Gasteiger partial charge in [-0.25, -0.2) is 4.79 Å². The van der Waals surface area contributed by atoms with Crippen LogP contribution in [0.2, 0.25) is 0 Å². The van der Waals surface area contributed by atoms with Crippen LogP contribution in [0, 0.1) is 0 Å². The summed E-state index contributed by atoms with van der Waals surface area (Å²) in [5.41, 5.74) is 1.75. The third-order valence-corrected chi connectivity index (χ3v) is 1.80. The van der Waals surface area contributed by atoms with Crippen LogP contribution in [0.4, 0.5) is 5.69 Å². The fourth-order valence-corrected chi connectivity index (χ4v) is 1.15. The lowest BCUT2D eigenvalue weighted by molar-refractivity contribution is -0.131. The molecular formula is C12H13NO2. The summed E-state index contributed by atoms with van der Waals surface area (Å²) in [4.78, 5) is 10.4. The Morgan fingerprint density at radius 3 is 2.87 bits per heavy atom. The number of nitrogens with one attached hydrogen (secondary N) is 1. The van der Waals surface area contributed by atoms with Crippen molar-refractivity contribution in [2.75, 3.05) is 11.9 Å². The first-order valence-corrected chi connectivity index (χ1v) is 4.59. The number of benzene rings is 1. The molecule has 0 aromatic heterocycles. The van der Waals surface area contributed by atoms with Gasteiger partial charge in [0.2, 0.25) is 0 Å². The SMILES string of the molecule is C=CCNc1ccccc1C=CC(=O)O. The Kier molecular flexibility index (Phi) is 4.16. The van der Waals surface area contributed by atoms with Crippen molar-refractivity contribution in [1.29, 1.82) is 0 Å². The van der Waals surface area contributed by atoms with Crippen LogP contribution in [-0.4, -0.2) is 17.6 Å². The standard InChI is InChI=1S/C12H13NO2/c1-2-9-13-11-6-4-3-5-10(11)7-8-12(14)15/h2-8,13H,1,9H2,(H,14,15). The quantitative estimate of drug-likeness (QED) is 0.570. The lowest BCUT2D eigenvalue weighted by Crippen LogP contribution is -1.99. The van der Waals surface area contributed by atoms with Crippen molar-refractivity contribution in [3.8, 4) is 0 Å². The van der Waals surface area contributed by atoms with Crippen molar-refractivity contribution in [2.45, 2.75) is 0 Å². The molecule has 0 aliphatic carbocycles. The molecule has 0 amide bonds. The van der Waals surface area contributed by atoms with Gasteiger partial charge >= 0.3 is 5.97 Å². The van der Waals surface area contributed by atoms with Crippen LogP contribution in [0.1, 0.15) is 5.56 Å². The largest absolute Gasteiger partial charge is 0.478 e. The minimum absolute atomic E-state index is 0.651. The number of carbonyl (C=O) groups is 1. The van der Waals surface area contributed by atoms with Gasteiger partial charge in [-0.1, -0.05) is 24.3 Å². The van der Waals surface area contributed by atoms with E-state index in [0.717, 1.165) is 17.3 Å². The highest BCUT2D eigenvalue weighted by atomic mass is 16.4. The highest BCUT2D eigenvalue weighted by Crippen LogP contribution is 2.16.